The van der Waals surface area contributed by atoms with E-state index in [0.717, 1.165) is 29.8 Å². The number of urea groups is 1. The third-order valence-electron chi connectivity index (χ3n) is 4.18. The van der Waals surface area contributed by atoms with E-state index in [2.05, 4.69) is 17.6 Å². The van der Waals surface area contributed by atoms with Gasteiger partial charge in [0.25, 0.3) is 0 Å². The maximum absolute atomic E-state index is 13.0. The molecule has 0 unspecified atom stereocenters. The van der Waals surface area contributed by atoms with Gasteiger partial charge in [-0.1, -0.05) is 30.3 Å². The van der Waals surface area contributed by atoms with Gasteiger partial charge < -0.3 is 15.5 Å². The molecule has 0 bridgehead atoms. The molecule has 3 rings (SSSR count). The van der Waals surface area contributed by atoms with Crippen molar-refractivity contribution in [2.45, 2.75) is 25.9 Å². The summed E-state index contributed by atoms with van der Waals surface area (Å²) in [5.74, 6) is -0.214. The number of para-hydroxylation sites is 1. The van der Waals surface area contributed by atoms with Crippen LogP contribution in [0.3, 0.4) is 0 Å². The first-order chi connectivity index (χ1) is 11.6. The van der Waals surface area contributed by atoms with Gasteiger partial charge in [-0.25, -0.2) is 9.18 Å². The van der Waals surface area contributed by atoms with Crippen molar-refractivity contribution in [2.75, 3.05) is 18.4 Å². The van der Waals surface area contributed by atoms with Crippen molar-refractivity contribution in [3.05, 3.63) is 65.5 Å². The Labute approximate surface area is 141 Å². The van der Waals surface area contributed by atoms with Crippen molar-refractivity contribution in [1.29, 1.82) is 0 Å². The number of nitrogens with zero attached hydrogens (tertiary/aromatic N) is 1. The summed E-state index contributed by atoms with van der Waals surface area (Å²) in [5, 5.41) is 6.33. The fourth-order valence-corrected chi connectivity index (χ4v) is 2.96. The summed E-state index contributed by atoms with van der Waals surface area (Å²) in [6.07, 6.45) is 0.804. The van der Waals surface area contributed by atoms with Crippen LogP contribution in [0.1, 0.15) is 18.1 Å². The maximum atomic E-state index is 13.0. The predicted molar refractivity (Wildman–Crippen MR) is 93.4 cm³/mol. The number of halogens is 1. The maximum Gasteiger partial charge on any atom is 0.317 e. The molecule has 126 valence electrons. The van der Waals surface area contributed by atoms with E-state index >= 15 is 0 Å². The minimum Gasteiger partial charge on any atom is -0.382 e. The van der Waals surface area contributed by atoms with Gasteiger partial charge in [0.1, 0.15) is 5.82 Å². The smallest absolute Gasteiger partial charge is 0.317 e. The van der Waals surface area contributed by atoms with Gasteiger partial charge in [-0.2, -0.15) is 0 Å². The van der Waals surface area contributed by atoms with Crippen LogP contribution in [0.15, 0.2) is 48.5 Å². The van der Waals surface area contributed by atoms with Crippen LogP contribution in [-0.4, -0.2) is 30.1 Å². The quantitative estimate of drug-likeness (QED) is 0.854. The zero-order valence-electron chi connectivity index (χ0n) is 13.8. The summed E-state index contributed by atoms with van der Waals surface area (Å²) in [6, 6.07) is 14.8. The molecule has 0 saturated carbocycles. The van der Waals surface area contributed by atoms with Gasteiger partial charge in [0, 0.05) is 31.4 Å². The Morgan fingerprint density at radius 2 is 1.96 bits per heavy atom. The Morgan fingerprint density at radius 3 is 2.67 bits per heavy atom. The first kappa shape index (κ1) is 16.3. The lowest BCUT2D eigenvalue weighted by Crippen LogP contribution is -2.28. The molecule has 2 amide bonds. The lowest BCUT2D eigenvalue weighted by molar-refractivity contribution is 0.215. The van der Waals surface area contributed by atoms with Crippen LogP contribution in [0.2, 0.25) is 0 Å². The normalized spacial score (nSPS) is 15.2. The number of nitrogens with one attached hydrogen (secondary N) is 2. The van der Waals surface area contributed by atoms with E-state index in [0.29, 0.717) is 13.1 Å². The molecule has 2 aromatic carbocycles. The largest absolute Gasteiger partial charge is 0.382 e. The summed E-state index contributed by atoms with van der Waals surface area (Å²) in [4.78, 5) is 13.6. The van der Waals surface area contributed by atoms with Crippen LogP contribution in [-0.2, 0) is 13.0 Å². The molecule has 1 aliphatic heterocycles. The van der Waals surface area contributed by atoms with Crippen molar-refractivity contribution in [1.82, 2.24) is 10.2 Å². The average molecular weight is 327 g/mol. The van der Waals surface area contributed by atoms with E-state index in [9.17, 15) is 9.18 Å². The second-order valence-corrected chi connectivity index (χ2v) is 6.19. The van der Waals surface area contributed by atoms with E-state index in [-0.39, 0.29) is 17.9 Å². The molecular weight excluding hydrogens is 305 g/mol. The van der Waals surface area contributed by atoms with Crippen LogP contribution >= 0.6 is 0 Å². The van der Waals surface area contributed by atoms with Crippen LogP contribution in [0.5, 0.6) is 0 Å². The Bertz CT molecular complexity index is 702. The number of carbonyl (C=O) groups excluding carboxylic acids is 1. The van der Waals surface area contributed by atoms with E-state index < -0.39 is 0 Å². The van der Waals surface area contributed by atoms with Gasteiger partial charge in [0.05, 0.1) is 0 Å². The number of hydrogen-bond acceptors (Lipinski definition) is 2. The first-order valence-corrected chi connectivity index (χ1v) is 8.23. The zero-order valence-corrected chi connectivity index (χ0v) is 13.8. The monoisotopic (exact) mass is 327 g/mol. The zero-order chi connectivity index (χ0) is 16.9. The Morgan fingerprint density at radius 1 is 1.21 bits per heavy atom. The van der Waals surface area contributed by atoms with Gasteiger partial charge in [-0.15, -0.1) is 0 Å². The van der Waals surface area contributed by atoms with Crippen molar-refractivity contribution < 1.29 is 9.18 Å². The number of anilines is 1. The summed E-state index contributed by atoms with van der Waals surface area (Å²) >= 11 is 0. The molecule has 0 spiro atoms. The van der Waals surface area contributed by atoms with Gasteiger partial charge >= 0.3 is 6.03 Å². The van der Waals surface area contributed by atoms with Crippen LogP contribution in [0.25, 0.3) is 0 Å². The summed E-state index contributed by atoms with van der Waals surface area (Å²) < 4.78 is 13.0. The molecule has 1 aliphatic rings. The number of benzene rings is 2. The van der Waals surface area contributed by atoms with Gasteiger partial charge in [-0.3, -0.25) is 0 Å². The fraction of sp³-hybridized carbons (Fsp3) is 0.316. The standard InChI is InChI=1S/C19H22FN3O/c1-14(12-15-6-8-17(20)9-7-15)22-18-5-3-2-4-16(18)13-23-11-10-21-19(23)24/h2-9,14,22H,10-13H2,1H3,(H,21,24)/t14-/m1/s1. The summed E-state index contributed by atoms with van der Waals surface area (Å²) in [6.45, 7) is 4.13. The van der Waals surface area contributed by atoms with Crippen LogP contribution in [0, 0.1) is 5.82 Å². The minimum atomic E-state index is -0.214. The Balaban J connectivity index is 1.65. The molecule has 5 heteroatoms. The highest BCUT2D eigenvalue weighted by Gasteiger charge is 2.20. The highest BCUT2D eigenvalue weighted by atomic mass is 19.1. The van der Waals surface area contributed by atoms with E-state index in [1.165, 1.54) is 12.1 Å². The molecule has 2 N–H and O–H groups in total. The average Bonchev–Trinajstić information content (AvgIpc) is 2.96. The van der Waals surface area contributed by atoms with Crippen molar-refractivity contribution in [2.24, 2.45) is 0 Å². The number of hydrogen-bond donors (Lipinski definition) is 2. The van der Waals surface area contributed by atoms with Gasteiger partial charge in [0.2, 0.25) is 0 Å². The van der Waals surface area contributed by atoms with E-state index in [1.807, 2.05) is 41.3 Å². The molecule has 2 aromatic rings. The molecule has 0 aliphatic carbocycles. The molecular formula is C19H22FN3O. The first-order valence-electron chi connectivity index (χ1n) is 8.23. The molecule has 4 nitrogen and oxygen atoms in total. The SMILES string of the molecule is C[C@H](Cc1ccc(F)cc1)Nc1ccccc1CN1CCNC1=O. The van der Waals surface area contributed by atoms with Crippen LogP contribution in [0.4, 0.5) is 14.9 Å². The molecule has 1 saturated heterocycles. The topological polar surface area (TPSA) is 44.4 Å². The van der Waals surface area contributed by atoms with E-state index in [1.54, 1.807) is 0 Å². The summed E-state index contributed by atoms with van der Waals surface area (Å²) in [7, 11) is 0. The van der Waals surface area contributed by atoms with Gasteiger partial charge in [-0.05, 0) is 42.7 Å². The van der Waals surface area contributed by atoms with Crippen LogP contribution < -0.4 is 10.6 Å². The van der Waals surface area contributed by atoms with Crippen molar-refractivity contribution in [3.8, 4) is 0 Å². The predicted octanol–water partition coefficient (Wildman–Crippen LogP) is 3.39. The third kappa shape index (κ3) is 4.04. The Hall–Kier alpha value is -2.56. The second-order valence-electron chi connectivity index (χ2n) is 6.19. The molecule has 1 fully saturated rings. The molecule has 1 heterocycles. The number of carbonyl (C=O) groups is 1. The highest BCUT2D eigenvalue weighted by molar-refractivity contribution is 5.76. The second kappa shape index (κ2) is 7.34. The van der Waals surface area contributed by atoms with Gasteiger partial charge in [0.15, 0.2) is 0 Å². The molecule has 0 aromatic heterocycles. The third-order valence-corrected chi connectivity index (χ3v) is 4.18. The molecule has 24 heavy (non-hydrogen) atoms. The van der Waals surface area contributed by atoms with Crippen molar-refractivity contribution >= 4 is 11.7 Å². The van der Waals surface area contributed by atoms with Crippen molar-refractivity contribution in [3.63, 3.8) is 0 Å². The highest BCUT2D eigenvalue weighted by Crippen LogP contribution is 2.20. The minimum absolute atomic E-state index is 0.0100. The number of rotatable bonds is 6. The molecule has 1 atom stereocenters. The lowest BCUT2D eigenvalue weighted by Gasteiger charge is -2.21. The molecule has 0 radical (unpaired) electrons. The lowest BCUT2D eigenvalue weighted by atomic mass is 10.1. The van der Waals surface area contributed by atoms with E-state index in [4.69, 9.17) is 0 Å². The summed E-state index contributed by atoms with van der Waals surface area (Å²) in [5.41, 5.74) is 3.22. The Kier molecular flexibility index (Phi) is 4.99. The fourth-order valence-electron chi connectivity index (χ4n) is 2.96. The number of amides is 2.